The quantitative estimate of drug-likeness (QED) is 0.748. The zero-order valence-electron chi connectivity index (χ0n) is 12.0. The second kappa shape index (κ2) is 5.85. The Bertz CT molecular complexity index is 691. The lowest BCUT2D eigenvalue weighted by atomic mass is 10.1. The first-order valence-corrected chi connectivity index (χ1v) is 8.48. The van der Waals surface area contributed by atoms with Gasteiger partial charge in [-0.2, -0.15) is 11.8 Å². The van der Waals surface area contributed by atoms with Crippen LogP contribution < -0.4 is 0 Å². The number of rotatable bonds is 1. The zero-order chi connectivity index (χ0) is 15.0. The van der Waals surface area contributed by atoms with Crippen molar-refractivity contribution in [1.29, 1.82) is 0 Å². The van der Waals surface area contributed by atoms with Crippen LogP contribution in [-0.2, 0) is 0 Å². The summed E-state index contributed by atoms with van der Waals surface area (Å²) in [5.41, 5.74) is 0.435. The minimum atomic E-state index is -0.0256. The van der Waals surface area contributed by atoms with E-state index in [0.29, 0.717) is 16.1 Å². The fourth-order valence-corrected chi connectivity index (χ4v) is 4.00. The van der Waals surface area contributed by atoms with Crippen LogP contribution in [0, 0.1) is 0 Å². The largest absolute Gasteiger partial charge is 0.333 e. The fourth-order valence-electron chi connectivity index (χ4n) is 2.63. The Balaban J connectivity index is 1.98. The predicted octanol–water partition coefficient (Wildman–Crippen LogP) is 3.85. The number of hydrogen-bond acceptors (Lipinski definition) is 3. The van der Waals surface area contributed by atoms with Crippen molar-refractivity contribution < 1.29 is 4.79 Å². The molecular weight excluding hydrogens is 304 g/mol. The SMILES string of the molecule is CC1SCCN(C(=O)c2cc3ccccc3c(Cl)n2)C1C. The third-order valence-electron chi connectivity index (χ3n) is 4.06. The maximum absolute atomic E-state index is 12.7. The van der Waals surface area contributed by atoms with Gasteiger partial charge in [-0.05, 0) is 18.4 Å². The van der Waals surface area contributed by atoms with E-state index in [-0.39, 0.29) is 11.9 Å². The Labute approximate surface area is 133 Å². The van der Waals surface area contributed by atoms with Crippen molar-refractivity contribution in [3.63, 3.8) is 0 Å². The smallest absolute Gasteiger partial charge is 0.272 e. The monoisotopic (exact) mass is 320 g/mol. The first kappa shape index (κ1) is 14.7. The minimum Gasteiger partial charge on any atom is -0.333 e. The van der Waals surface area contributed by atoms with Crippen LogP contribution in [0.25, 0.3) is 10.8 Å². The van der Waals surface area contributed by atoms with Gasteiger partial charge in [-0.25, -0.2) is 4.98 Å². The standard InChI is InChI=1S/C16H17ClN2OS/c1-10-11(2)21-8-7-19(10)16(20)14-9-12-5-3-4-6-13(12)15(17)18-14/h3-6,9-11H,7-8H2,1-2H3. The maximum Gasteiger partial charge on any atom is 0.272 e. The molecule has 1 aromatic heterocycles. The van der Waals surface area contributed by atoms with Crippen LogP contribution in [0.4, 0.5) is 0 Å². The highest BCUT2D eigenvalue weighted by Gasteiger charge is 2.30. The van der Waals surface area contributed by atoms with Crippen molar-refractivity contribution in [2.75, 3.05) is 12.3 Å². The van der Waals surface area contributed by atoms with E-state index in [4.69, 9.17) is 11.6 Å². The molecule has 1 amide bonds. The van der Waals surface area contributed by atoms with Gasteiger partial charge in [-0.1, -0.05) is 42.8 Å². The molecular formula is C16H17ClN2OS. The highest BCUT2D eigenvalue weighted by molar-refractivity contribution is 8.00. The molecule has 1 aliphatic rings. The van der Waals surface area contributed by atoms with Gasteiger partial charge in [0.1, 0.15) is 10.8 Å². The maximum atomic E-state index is 12.7. The van der Waals surface area contributed by atoms with Crippen LogP contribution in [0.5, 0.6) is 0 Å². The topological polar surface area (TPSA) is 33.2 Å². The van der Waals surface area contributed by atoms with Gasteiger partial charge in [0.05, 0.1) is 0 Å². The summed E-state index contributed by atoms with van der Waals surface area (Å²) in [6.45, 7) is 5.02. The summed E-state index contributed by atoms with van der Waals surface area (Å²) in [5, 5.41) is 2.67. The molecule has 2 aromatic rings. The number of thioether (sulfide) groups is 1. The second-order valence-electron chi connectivity index (χ2n) is 5.33. The molecule has 2 heterocycles. The lowest BCUT2D eigenvalue weighted by Gasteiger charge is -2.37. The van der Waals surface area contributed by atoms with Gasteiger partial charge >= 0.3 is 0 Å². The first-order valence-electron chi connectivity index (χ1n) is 7.06. The van der Waals surface area contributed by atoms with Gasteiger partial charge in [0.2, 0.25) is 0 Å². The number of benzene rings is 1. The van der Waals surface area contributed by atoms with Crippen molar-refractivity contribution >= 4 is 40.0 Å². The van der Waals surface area contributed by atoms with Crippen LogP contribution in [-0.4, -0.2) is 39.4 Å². The Kier molecular flexibility index (Phi) is 4.09. The van der Waals surface area contributed by atoms with E-state index >= 15 is 0 Å². The average Bonchev–Trinajstić information content (AvgIpc) is 2.49. The number of amides is 1. The van der Waals surface area contributed by atoms with Gasteiger partial charge in [-0.3, -0.25) is 4.79 Å². The Morgan fingerprint density at radius 2 is 2.14 bits per heavy atom. The number of aromatic nitrogens is 1. The number of pyridine rings is 1. The number of carbonyl (C=O) groups is 1. The van der Waals surface area contributed by atoms with Gasteiger partial charge in [0.25, 0.3) is 5.91 Å². The third kappa shape index (κ3) is 2.74. The Hall–Kier alpha value is -1.26. The summed E-state index contributed by atoms with van der Waals surface area (Å²) in [6, 6.07) is 9.78. The minimum absolute atomic E-state index is 0.0256. The van der Waals surface area contributed by atoms with Crippen molar-refractivity contribution in [1.82, 2.24) is 9.88 Å². The summed E-state index contributed by atoms with van der Waals surface area (Å²) in [6.07, 6.45) is 0. The number of nitrogens with zero attached hydrogens (tertiary/aromatic N) is 2. The van der Waals surface area contributed by atoms with E-state index in [1.54, 1.807) is 0 Å². The molecule has 21 heavy (non-hydrogen) atoms. The summed E-state index contributed by atoms with van der Waals surface area (Å²) < 4.78 is 0. The summed E-state index contributed by atoms with van der Waals surface area (Å²) in [5.74, 6) is 0.945. The summed E-state index contributed by atoms with van der Waals surface area (Å²) in [4.78, 5) is 19.0. The van der Waals surface area contributed by atoms with Gasteiger partial charge in [0, 0.05) is 29.0 Å². The molecule has 0 radical (unpaired) electrons. The van der Waals surface area contributed by atoms with Gasteiger partial charge < -0.3 is 4.90 Å². The van der Waals surface area contributed by atoms with Crippen LogP contribution >= 0.6 is 23.4 Å². The molecule has 0 N–H and O–H groups in total. The second-order valence-corrected chi connectivity index (χ2v) is 7.18. The number of fused-ring (bicyclic) bond motifs is 1. The molecule has 0 spiro atoms. The average molecular weight is 321 g/mol. The predicted molar refractivity (Wildman–Crippen MR) is 89.2 cm³/mol. The Morgan fingerprint density at radius 3 is 2.95 bits per heavy atom. The van der Waals surface area contributed by atoms with Crippen molar-refractivity contribution in [3.05, 3.63) is 41.2 Å². The van der Waals surface area contributed by atoms with Crippen LogP contribution in [0.1, 0.15) is 24.3 Å². The van der Waals surface area contributed by atoms with E-state index in [9.17, 15) is 4.79 Å². The molecule has 1 fully saturated rings. The van der Waals surface area contributed by atoms with Crippen LogP contribution in [0.2, 0.25) is 5.15 Å². The third-order valence-corrected chi connectivity index (χ3v) is 5.68. The van der Waals surface area contributed by atoms with E-state index in [1.165, 1.54) is 0 Å². The molecule has 3 nitrogen and oxygen atoms in total. The van der Waals surface area contributed by atoms with Crippen molar-refractivity contribution in [2.45, 2.75) is 25.1 Å². The highest BCUT2D eigenvalue weighted by atomic mass is 35.5. The van der Waals surface area contributed by atoms with Crippen LogP contribution in [0.3, 0.4) is 0 Å². The molecule has 0 saturated carbocycles. The van der Waals surface area contributed by atoms with Gasteiger partial charge in [-0.15, -0.1) is 0 Å². The Morgan fingerprint density at radius 1 is 1.38 bits per heavy atom. The molecule has 5 heteroatoms. The van der Waals surface area contributed by atoms with Crippen LogP contribution in [0.15, 0.2) is 30.3 Å². The van der Waals surface area contributed by atoms with E-state index < -0.39 is 0 Å². The number of hydrogen-bond donors (Lipinski definition) is 0. The lowest BCUT2D eigenvalue weighted by Crippen LogP contribution is -2.48. The molecule has 3 rings (SSSR count). The molecule has 2 atom stereocenters. The van der Waals surface area contributed by atoms with E-state index in [0.717, 1.165) is 23.1 Å². The van der Waals surface area contributed by atoms with E-state index in [1.807, 2.05) is 47.0 Å². The first-order chi connectivity index (χ1) is 10.1. The van der Waals surface area contributed by atoms with Crippen molar-refractivity contribution in [3.8, 4) is 0 Å². The lowest BCUT2D eigenvalue weighted by molar-refractivity contribution is 0.0692. The van der Waals surface area contributed by atoms with E-state index in [2.05, 4.69) is 18.8 Å². The molecule has 110 valence electrons. The molecule has 1 aliphatic heterocycles. The number of halogens is 1. The normalized spacial score (nSPS) is 22.5. The molecule has 0 bridgehead atoms. The highest BCUT2D eigenvalue weighted by Crippen LogP contribution is 2.27. The summed E-state index contributed by atoms with van der Waals surface area (Å²) in [7, 11) is 0. The fraction of sp³-hybridized carbons (Fsp3) is 0.375. The molecule has 1 saturated heterocycles. The molecule has 0 aliphatic carbocycles. The number of carbonyl (C=O) groups excluding carboxylic acids is 1. The zero-order valence-corrected chi connectivity index (χ0v) is 13.6. The van der Waals surface area contributed by atoms with Crippen molar-refractivity contribution in [2.24, 2.45) is 0 Å². The molecule has 2 unspecified atom stereocenters. The summed E-state index contributed by atoms with van der Waals surface area (Å²) >= 11 is 8.13. The molecule has 1 aromatic carbocycles. The van der Waals surface area contributed by atoms with Gasteiger partial charge in [0.15, 0.2) is 0 Å².